The van der Waals surface area contributed by atoms with E-state index in [4.69, 9.17) is 5.11 Å². The minimum Gasteiger partial charge on any atom is -0.481 e. The lowest BCUT2D eigenvalue weighted by molar-refractivity contribution is -0.136. The summed E-state index contributed by atoms with van der Waals surface area (Å²) >= 11 is 0. The zero-order valence-corrected chi connectivity index (χ0v) is 11.0. The largest absolute Gasteiger partial charge is 0.481 e. The SMILES string of the molecule is CC(C)NS(=O)(=O)Nc1ccccc1CC(=O)O. The number of hydrogen-bond donors (Lipinski definition) is 3. The third-order valence-corrected chi connectivity index (χ3v) is 3.26. The highest BCUT2D eigenvalue weighted by molar-refractivity contribution is 7.90. The number of rotatable bonds is 6. The van der Waals surface area contributed by atoms with E-state index in [9.17, 15) is 13.2 Å². The number of aliphatic carboxylic acids is 1. The van der Waals surface area contributed by atoms with Crippen molar-refractivity contribution in [2.24, 2.45) is 0 Å². The van der Waals surface area contributed by atoms with Crippen LogP contribution in [-0.2, 0) is 21.4 Å². The third-order valence-electron chi connectivity index (χ3n) is 1.99. The van der Waals surface area contributed by atoms with Crippen LogP contribution in [0, 0.1) is 0 Å². The zero-order chi connectivity index (χ0) is 13.8. The Kier molecular flexibility index (Phi) is 4.69. The van der Waals surface area contributed by atoms with Crippen LogP contribution >= 0.6 is 0 Å². The quantitative estimate of drug-likeness (QED) is 0.719. The van der Waals surface area contributed by atoms with Crippen molar-refractivity contribution in [1.29, 1.82) is 0 Å². The average molecular weight is 272 g/mol. The number of hydrogen-bond acceptors (Lipinski definition) is 3. The van der Waals surface area contributed by atoms with E-state index in [2.05, 4.69) is 9.44 Å². The Labute approximate surface area is 106 Å². The van der Waals surface area contributed by atoms with Crippen LogP contribution in [0.25, 0.3) is 0 Å². The lowest BCUT2D eigenvalue weighted by atomic mass is 10.1. The molecular weight excluding hydrogens is 256 g/mol. The first-order chi connectivity index (χ1) is 8.30. The van der Waals surface area contributed by atoms with Crippen LogP contribution in [0.15, 0.2) is 24.3 Å². The van der Waals surface area contributed by atoms with Gasteiger partial charge in [0.15, 0.2) is 0 Å². The van der Waals surface area contributed by atoms with E-state index in [1.165, 1.54) is 6.07 Å². The Balaban J connectivity index is 2.93. The Morgan fingerprint density at radius 1 is 1.33 bits per heavy atom. The monoisotopic (exact) mass is 272 g/mol. The van der Waals surface area contributed by atoms with Crippen molar-refractivity contribution >= 4 is 21.9 Å². The van der Waals surface area contributed by atoms with Gasteiger partial charge in [0.1, 0.15) is 0 Å². The fourth-order valence-corrected chi connectivity index (χ4v) is 2.59. The Hall–Kier alpha value is -1.60. The summed E-state index contributed by atoms with van der Waals surface area (Å²) in [5.41, 5.74) is 0.687. The molecule has 6 nitrogen and oxygen atoms in total. The van der Waals surface area contributed by atoms with Gasteiger partial charge in [-0.3, -0.25) is 9.52 Å². The first-order valence-electron chi connectivity index (χ1n) is 5.40. The molecule has 0 atom stereocenters. The summed E-state index contributed by atoms with van der Waals surface area (Å²) in [4.78, 5) is 10.7. The molecule has 0 aromatic heterocycles. The van der Waals surface area contributed by atoms with Gasteiger partial charge in [-0.2, -0.15) is 13.1 Å². The molecule has 0 bridgehead atoms. The molecule has 3 N–H and O–H groups in total. The maximum atomic E-state index is 11.7. The van der Waals surface area contributed by atoms with Crippen LogP contribution in [-0.4, -0.2) is 25.5 Å². The second-order valence-electron chi connectivity index (χ2n) is 4.11. The number of nitrogens with one attached hydrogen (secondary N) is 2. The van der Waals surface area contributed by atoms with Crippen molar-refractivity contribution < 1.29 is 18.3 Å². The molecule has 0 fully saturated rings. The van der Waals surface area contributed by atoms with Crippen molar-refractivity contribution in [3.8, 4) is 0 Å². The normalized spacial score (nSPS) is 11.5. The summed E-state index contributed by atoms with van der Waals surface area (Å²) < 4.78 is 28.0. The van der Waals surface area contributed by atoms with Crippen molar-refractivity contribution in [2.75, 3.05) is 4.72 Å². The minimum absolute atomic E-state index is 0.236. The van der Waals surface area contributed by atoms with Gasteiger partial charge in [-0.1, -0.05) is 18.2 Å². The zero-order valence-electron chi connectivity index (χ0n) is 10.2. The van der Waals surface area contributed by atoms with Crippen LogP contribution in [0.4, 0.5) is 5.69 Å². The van der Waals surface area contributed by atoms with E-state index in [-0.39, 0.29) is 18.2 Å². The summed E-state index contributed by atoms with van der Waals surface area (Å²) in [6.07, 6.45) is -0.236. The molecule has 0 saturated heterocycles. The van der Waals surface area contributed by atoms with Crippen molar-refractivity contribution in [3.05, 3.63) is 29.8 Å². The van der Waals surface area contributed by atoms with Gasteiger partial charge in [-0.05, 0) is 25.5 Å². The lowest BCUT2D eigenvalue weighted by Gasteiger charge is -2.13. The molecule has 0 amide bonds. The Morgan fingerprint density at radius 3 is 2.50 bits per heavy atom. The first kappa shape index (κ1) is 14.5. The van der Waals surface area contributed by atoms with Gasteiger partial charge in [-0.25, -0.2) is 0 Å². The molecule has 100 valence electrons. The molecule has 0 saturated carbocycles. The molecule has 1 aromatic rings. The summed E-state index contributed by atoms with van der Waals surface area (Å²) in [6.45, 7) is 3.39. The maximum absolute atomic E-state index is 11.7. The molecule has 1 rings (SSSR count). The average Bonchev–Trinajstić information content (AvgIpc) is 2.17. The number of benzene rings is 1. The van der Waals surface area contributed by atoms with Gasteiger partial charge >= 0.3 is 5.97 Å². The van der Waals surface area contributed by atoms with Gasteiger partial charge in [-0.15, -0.1) is 0 Å². The van der Waals surface area contributed by atoms with Gasteiger partial charge < -0.3 is 5.11 Å². The van der Waals surface area contributed by atoms with Crippen LogP contribution < -0.4 is 9.44 Å². The van der Waals surface area contributed by atoms with E-state index >= 15 is 0 Å². The van der Waals surface area contributed by atoms with Crippen LogP contribution in [0.3, 0.4) is 0 Å². The molecule has 7 heteroatoms. The van der Waals surface area contributed by atoms with Gasteiger partial charge in [0.2, 0.25) is 0 Å². The minimum atomic E-state index is -3.69. The molecular formula is C11H16N2O4S. The molecule has 0 aliphatic rings. The van der Waals surface area contributed by atoms with Gasteiger partial charge in [0.25, 0.3) is 10.2 Å². The number of anilines is 1. The molecule has 0 unspecified atom stereocenters. The molecule has 0 heterocycles. The molecule has 0 aliphatic carbocycles. The summed E-state index contributed by atoms with van der Waals surface area (Å²) in [5.74, 6) is -1.02. The van der Waals surface area contributed by atoms with E-state index in [1.807, 2.05) is 0 Å². The molecule has 0 aliphatic heterocycles. The second kappa shape index (κ2) is 5.83. The Morgan fingerprint density at radius 2 is 1.94 bits per heavy atom. The third kappa shape index (κ3) is 4.72. The highest BCUT2D eigenvalue weighted by atomic mass is 32.2. The standard InChI is InChI=1S/C11H16N2O4S/c1-8(2)12-18(16,17)13-10-6-4-3-5-9(10)7-11(14)15/h3-6,8,12-13H,7H2,1-2H3,(H,14,15). The van der Waals surface area contributed by atoms with E-state index in [0.717, 1.165) is 0 Å². The molecule has 18 heavy (non-hydrogen) atoms. The summed E-state index contributed by atoms with van der Waals surface area (Å²) in [5, 5.41) is 8.74. The fraction of sp³-hybridized carbons (Fsp3) is 0.364. The van der Waals surface area contributed by atoms with Gasteiger partial charge in [0, 0.05) is 6.04 Å². The molecule has 0 radical (unpaired) electrons. The van der Waals surface area contributed by atoms with Crippen molar-refractivity contribution in [3.63, 3.8) is 0 Å². The van der Waals surface area contributed by atoms with Crippen LogP contribution in [0.2, 0.25) is 0 Å². The van der Waals surface area contributed by atoms with E-state index < -0.39 is 16.2 Å². The topological polar surface area (TPSA) is 95.5 Å². The smallest absolute Gasteiger partial charge is 0.307 e. The maximum Gasteiger partial charge on any atom is 0.307 e. The summed E-state index contributed by atoms with van der Waals surface area (Å²) in [7, 11) is -3.69. The first-order valence-corrected chi connectivity index (χ1v) is 6.88. The predicted molar refractivity (Wildman–Crippen MR) is 68.6 cm³/mol. The van der Waals surface area contributed by atoms with Crippen molar-refractivity contribution in [1.82, 2.24) is 4.72 Å². The molecule has 1 aromatic carbocycles. The summed E-state index contributed by atoms with van der Waals surface area (Å²) in [6, 6.07) is 6.15. The Bertz CT molecular complexity index is 526. The second-order valence-corrected chi connectivity index (χ2v) is 5.55. The highest BCUT2D eigenvalue weighted by Gasteiger charge is 2.14. The van der Waals surface area contributed by atoms with E-state index in [0.29, 0.717) is 5.56 Å². The van der Waals surface area contributed by atoms with Crippen molar-refractivity contribution in [2.45, 2.75) is 26.3 Å². The fourth-order valence-electron chi connectivity index (χ4n) is 1.42. The highest BCUT2D eigenvalue weighted by Crippen LogP contribution is 2.16. The van der Waals surface area contributed by atoms with E-state index in [1.54, 1.807) is 32.0 Å². The number of carboxylic acid groups (broad SMARTS) is 1. The van der Waals surface area contributed by atoms with Crippen LogP contribution in [0.5, 0.6) is 0 Å². The molecule has 0 spiro atoms. The number of carbonyl (C=O) groups is 1. The van der Waals surface area contributed by atoms with Crippen LogP contribution in [0.1, 0.15) is 19.4 Å². The number of para-hydroxylation sites is 1. The lowest BCUT2D eigenvalue weighted by Crippen LogP contribution is -2.35. The number of carboxylic acids is 1. The predicted octanol–water partition coefficient (Wildman–Crippen LogP) is 0.968. The van der Waals surface area contributed by atoms with Gasteiger partial charge in [0.05, 0.1) is 12.1 Å².